The summed E-state index contributed by atoms with van der Waals surface area (Å²) in [4.78, 5) is 13.4. The van der Waals surface area contributed by atoms with E-state index in [1.807, 2.05) is 6.92 Å². The Morgan fingerprint density at radius 1 is 1.45 bits per heavy atom. The number of nitrogens with zero attached hydrogens (tertiary/aromatic N) is 2. The summed E-state index contributed by atoms with van der Waals surface area (Å²) in [5.41, 5.74) is 0. The molecule has 0 radical (unpaired) electrons. The molecule has 1 fully saturated rings. The van der Waals surface area contributed by atoms with E-state index in [9.17, 15) is 4.91 Å². The zero-order valence-electron chi connectivity index (χ0n) is 7.42. The Kier molecular flexibility index (Phi) is 3.00. The summed E-state index contributed by atoms with van der Waals surface area (Å²) in [5.74, 6) is 0. The van der Waals surface area contributed by atoms with Crippen LogP contribution in [0.25, 0.3) is 0 Å². The van der Waals surface area contributed by atoms with E-state index in [2.05, 4.69) is 11.9 Å². The van der Waals surface area contributed by atoms with Crippen LogP contribution in [-0.2, 0) is 0 Å². The lowest BCUT2D eigenvalue weighted by atomic mass is 10.1. The first kappa shape index (κ1) is 8.65. The molecule has 1 heterocycles. The Morgan fingerprint density at radius 2 is 2.00 bits per heavy atom. The largest absolute Gasteiger partial charge is 0.306 e. The summed E-state index contributed by atoms with van der Waals surface area (Å²) in [7, 11) is 2.11. The highest BCUT2D eigenvalue weighted by Crippen LogP contribution is 2.10. The second-order valence-corrected chi connectivity index (χ2v) is 3.27. The summed E-state index contributed by atoms with van der Waals surface area (Å²) < 4.78 is 1.22. The van der Waals surface area contributed by atoms with Gasteiger partial charge in [-0.2, -0.15) is 0 Å². The summed E-state index contributed by atoms with van der Waals surface area (Å²) >= 11 is 0. The normalized spacial score (nSPS) is 22.0. The van der Waals surface area contributed by atoms with E-state index in [0.29, 0.717) is 6.54 Å². The smallest absolute Gasteiger partial charge is 0.203 e. The highest BCUT2D eigenvalue weighted by atomic mass is 16.3. The molecule has 0 amide bonds. The molecule has 0 unspecified atom stereocenters. The van der Waals surface area contributed by atoms with Crippen molar-refractivity contribution in [1.29, 1.82) is 0 Å². The van der Waals surface area contributed by atoms with Crippen molar-refractivity contribution in [1.82, 2.24) is 4.90 Å². The van der Waals surface area contributed by atoms with Crippen molar-refractivity contribution in [2.24, 2.45) is 0 Å². The Morgan fingerprint density at radius 3 is 2.45 bits per heavy atom. The van der Waals surface area contributed by atoms with Gasteiger partial charge in [-0.25, -0.2) is 0 Å². The van der Waals surface area contributed by atoms with Crippen LogP contribution in [0.15, 0.2) is 0 Å². The molecule has 0 aromatic carbocycles. The van der Waals surface area contributed by atoms with Crippen molar-refractivity contribution in [3.63, 3.8) is 0 Å². The van der Waals surface area contributed by atoms with E-state index >= 15 is 0 Å². The molecular weight excluding hydrogens is 140 g/mol. The molecule has 1 aliphatic heterocycles. The Balaban J connectivity index is 2.33. The molecule has 0 aromatic heterocycles. The van der Waals surface area contributed by atoms with Gasteiger partial charge < -0.3 is 4.90 Å². The summed E-state index contributed by atoms with van der Waals surface area (Å²) in [6.45, 7) is 4.70. The second-order valence-electron chi connectivity index (χ2n) is 3.27. The van der Waals surface area contributed by atoms with Crippen LogP contribution in [-0.4, -0.2) is 42.4 Å². The van der Waals surface area contributed by atoms with Crippen molar-refractivity contribution in [2.75, 3.05) is 26.7 Å². The molecule has 3 nitrogen and oxygen atoms in total. The molecule has 1 rings (SSSR count). The number of hydrogen-bond donors (Lipinski definition) is 0. The molecule has 64 valence electrons. The van der Waals surface area contributed by atoms with E-state index in [4.69, 9.17) is 0 Å². The van der Waals surface area contributed by atoms with Crippen molar-refractivity contribution in [3.8, 4) is 0 Å². The molecular formula is C8H17N2O+. The minimum atomic E-state index is 0.288. The van der Waals surface area contributed by atoms with Gasteiger partial charge in [0.15, 0.2) is 6.54 Å². The van der Waals surface area contributed by atoms with E-state index < -0.39 is 0 Å². The quantitative estimate of drug-likeness (QED) is 0.555. The van der Waals surface area contributed by atoms with Crippen LogP contribution >= 0.6 is 0 Å². The lowest BCUT2D eigenvalue weighted by Gasteiger charge is -2.23. The zero-order chi connectivity index (χ0) is 8.27. The molecule has 0 aromatic rings. The topological polar surface area (TPSA) is 23.3 Å². The van der Waals surface area contributed by atoms with Gasteiger partial charge in [-0.1, -0.05) is 0 Å². The molecule has 0 saturated carbocycles. The summed E-state index contributed by atoms with van der Waals surface area (Å²) in [5, 5.41) is 0. The monoisotopic (exact) mass is 157 g/mol. The number of rotatable bonds is 2. The van der Waals surface area contributed by atoms with Gasteiger partial charge in [-0.15, -0.1) is 0 Å². The van der Waals surface area contributed by atoms with Gasteiger partial charge in [0.2, 0.25) is 6.04 Å². The fourth-order valence-electron chi connectivity index (χ4n) is 1.54. The highest BCUT2D eigenvalue weighted by Gasteiger charge is 2.27. The SMILES string of the molecule is CC[N+](=O)C1CCN(C)CC1. The molecule has 11 heavy (non-hydrogen) atoms. The predicted octanol–water partition coefficient (Wildman–Crippen LogP) is 0.879. The lowest BCUT2D eigenvalue weighted by molar-refractivity contribution is -0.586. The third kappa shape index (κ3) is 2.26. The first-order valence-electron chi connectivity index (χ1n) is 4.36. The van der Waals surface area contributed by atoms with Crippen LogP contribution < -0.4 is 0 Å². The van der Waals surface area contributed by atoms with Crippen molar-refractivity contribution in [2.45, 2.75) is 25.8 Å². The molecule has 3 heteroatoms. The average molecular weight is 157 g/mol. The van der Waals surface area contributed by atoms with Crippen molar-refractivity contribution >= 4 is 0 Å². The number of piperidine rings is 1. The average Bonchev–Trinajstić information content (AvgIpc) is 2.05. The fourth-order valence-corrected chi connectivity index (χ4v) is 1.54. The van der Waals surface area contributed by atoms with Gasteiger partial charge >= 0.3 is 0 Å². The first-order valence-corrected chi connectivity index (χ1v) is 4.36. The maximum absolute atomic E-state index is 11.2. The fraction of sp³-hybridized carbons (Fsp3) is 1.00. The molecule has 0 aliphatic carbocycles. The number of likely N-dealkylation sites (tertiary alicyclic amines) is 1. The van der Waals surface area contributed by atoms with Crippen LogP contribution in [0.2, 0.25) is 0 Å². The maximum atomic E-state index is 11.2. The molecule has 0 N–H and O–H groups in total. The van der Waals surface area contributed by atoms with E-state index in [0.717, 1.165) is 25.9 Å². The van der Waals surface area contributed by atoms with Crippen LogP contribution in [0, 0.1) is 4.91 Å². The van der Waals surface area contributed by atoms with Crippen molar-refractivity contribution < 1.29 is 4.76 Å². The van der Waals surface area contributed by atoms with Crippen LogP contribution in [0.4, 0.5) is 0 Å². The van der Waals surface area contributed by atoms with Gasteiger partial charge in [0.25, 0.3) is 0 Å². The zero-order valence-corrected chi connectivity index (χ0v) is 7.42. The van der Waals surface area contributed by atoms with Gasteiger partial charge in [-0.05, 0) is 14.0 Å². The molecule has 0 atom stereocenters. The Bertz CT molecular complexity index is 139. The van der Waals surface area contributed by atoms with E-state index in [1.165, 1.54) is 4.76 Å². The van der Waals surface area contributed by atoms with Crippen molar-refractivity contribution in [3.05, 3.63) is 4.91 Å². The first-order chi connectivity index (χ1) is 5.24. The minimum absolute atomic E-state index is 0.288. The maximum Gasteiger partial charge on any atom is 0.203 e. The Hall–Kier alpha value is -0.440. The highest BCUT2D eigenvalue weighted by molar-refractivity contribution is 4.68. The van der Waals surface area contributed by atoms with E-state index in [-0.39, 0.29) is 6.04 Å². The summed E-state index contributed by atoms with van der Waals surface area (Å²) in [6.07, 6.45) is 2.07. The third-order valence-corrected chi connectivity index (χ3v) is 2.41. The van der Waals surface area contributed by atoms with Gasteiger partial charge in [0.1, 0.15) is 0 Å². The number of hydrogen-bond acceptors (Lipinski definition) is 2. The van der Waals surface area contributed by atoms with Gasteiger partial charge in [-0.3, -0.25) is 0 Å². The van der Waals surface area contributed by atoms with E-state index in [1.54, 1.807) is 0 Å². The van der Waals surface area contributed by atoms with Crippen LogP contribution in [0.3, 0.4) is 0 Å². The lowest BCUT2D eigenvalue weighted by Crippen LogP contribution is -2.38. The summed E-state index contributed by atoms with van der Waals surface area (Å²) in [6, 6.07) is 0.288. The molecule has 0 spiro atoms. The predicted molar refractivity (Wildman–Crippen MR) is 44.7 cm³/mol. The third-order valence-electron chi connectivity index (χ3n) is 2.41. The van der Waals surface area contributed by atoms with Gasteiger partial charge in [0, 0.05) is 35.6 Å². The van der Waals surface area contributed by atoms with Crippen LogP contribution in [0.5, 0.6) is 0 Å². The molecule has 0 bridgehead atoms. The van der Waals surface area contributed by atoms with Gasteiger partial charge in [0.05, 0.1) is 0 Å². The minimum Gasteiger partial charge on any atom is -0.306 e. The number of nitroso groups, excluding NO2 is 1. The molecule has 1 aliphatic rings. The molecule has 1 saturated heterocycles. The van der Waals surface area contributed by atoms with Crippen LogP contribution in [0.1, 0.15) is 19.8 Å². The Labute approximate surface area is 68.0 Å². The standard InChI is InChI=1S/C8H17N2O/c1-3-10(11)8-4-6-9(2)7-5-8/h8H,3-7H2,1-2H3/q+1. The second kappa shape index (κ2) is 3.81.